The second-order valence-electron chi connectivity index (χ2n) is 12.2. The molecule has 0 bridgehead atoms. The molecule has 11 aromatic rings. The van der Waals surface area contributed by atoms with Gasteiger partial charge in [0.2, 0.25) is 11.9 Å². The topological polar surface area (TPSA) is 48.5 Å². The molecule has 58 heavy (non-hydrogen) atoms. The predicted molar refractivity (Wildman–Crippen MR) is 242 cm³/mol. The van der Waals surface area contributed by atoms with E-state index in [9.17, 15) is 20.6 Å². The van der Waals surface area contributed by atoms with Crippen molar-refractivity contribution in [1.29, 1.82) is 0 Å². The highest BCUT2D eigenvalue weighted by Crippen LogP contribution is 2.34. The van der Waals surface area contributed by atoms with Gasteiger partial charge in [-0.1, -0.05) is 187 Å². The van der Waals surface area contributed by atoms with E-state index in [1.807, 2.05) is 0 Å². The zero-order valence-corrected chi connectivity index (χ0v) is 29.9. The number of fused-ring (bicyclic) bond motifs is 6. The van der Waals surface area contributed by atoms with E-state index < -0.39 is 308 Å². The lowest BCUT2D eigenvalue weighted by molar-refractivity contribution is 0.893. The van der Waals surface area contributed by atoms with Crippen LogP contribution in [-0.2, 0) is 0 Å². The minimum absolute atomic E-state index is 0.594. The van der Waals surface area contributed by atoms with Crippen molar-refractivity contribution in [2.45, 2.75) is 6.88 Å². The number of nitrogens with zero attached hydrogens (tertiary/aromatic N) is 5. The summed E-state index contributed by atoms with van der Waals surface area (Å²) in [6.07, 6.45) is 0. The standard InChI is InChI=1S/C52H37N5Si/c1-36-31-33-40(34-32-36)58(38-18-4-2-5-19-38,39-20-6-3-7-21-39)41-22-16-17-37(35-41)50-53-51(56-46-27-12-8-23-42(46)43-24-9-13-28-47(43)56)55-52(54-50)57-48-29-14-10-25-44(48)45-26-11-15-30-49(45)57/h2-35H,1H3/i1D2,2D,3D,4D,5D,6D,7D,8D,9D,10D,11D,12D,13D,14D,15D,16D,17D,18D,19D,20D,21D,22D,23D,24D,25D,26D,27D,28D,29D,30D,31D,32D,33D,34D. The molecular weight excluding hydrogens is 723 g/mol. The lowest BCUT2D eigenvalue weighted by atomic mass is 10.2. The summed E-state index contributed by atoms with van der Waals surface area (Å²) in [5, 5.41) is -6.94. The maximum absolute atomic E-state index is 9.93. The average molecular weight is 795 g/mol. The van der Waals surface area contributed by atoms with Crippen molar-refractivity contribution >= 4 is 72.4 Å². The Morgan fingerprint density at radius 3 is 1.24 bits per heavy atom. The van der Waals surface area contributed by atoms with Crippen LogP contribution in [0.3, 0.4) is 0 Å². The fourth-order valence-electron chi connectivity index (χ4n) is 6.78. The smallest absolute Gasteiger partial charge is 0.240 e. The van der Waals surface area contributed by atoms with Gasteiger partial charge in [-0.15, -0.1) is 0 Å². The van der Waals surface area contributed by atoms with Gasteiger partial charge in [0.15, 0.2) is 13.9 Å². The van der Waals surface area contributed by atoms with Crippen molar-refractivity contribution in [2.75, 3.05) is 0 Å². The first-order valence-corrected chi connectivity index (χ1v) is 18.8. The van der Waals surface area contributed by atoms with E-state index in [0.717, 1.165) is 0 Å². The number of rotatable bonds is 7. The molecule has 3 heterocycles. The molecule has 0 atom stereocenters. The molecule has 3 aromatic heterocycles. The first kappa shape index (κ1) is 13.6. The first-order valence-electron chi connectivity index (χ1n) is 34.5. The van der Waals surface area contributed by atoms with E-state index in [-0.39, 0.29) is 0 Å². The Hall–Kier alpha value is -7.41. The molecule has 11 rings (SSSR count). The molecule has 0 saturated carbocycles. The molecule has 8 aromatic carbocycles. The molecule has 0 spiro atoms. The maximum Gasteiger partial charge on any atom is 0.240 e. The van der Waals surface area contributed by atoms with Crippen molar-refractivity contribution in [2.24, 2.45) is 0 Å². The van der Waals surface area contributed by atoms with E-state index in [0.29, 0.717) is 15.2 Å². The van der Waals surface area contributed by atoms with Gasteiger partial charge >= 0.3 is 0 Å². The van der Waals surface area contributed by atoms with Gasteiger partial charge < -0.3 is 0 Å². The Labute approximate surface area is 386 Å². The van der Waals surface area contributed by atoms with Crippen LogP contribution in [0.4, 0.5) is 0 Å². The quantitative estimate of drug-likeness (QED) is 0.119. The van der Waals surface area contributed by atoms with Crippen LogP contribution in [0.1, 0.15) is 53.5 Å². The Morgan fingerprint density at radius 2 is 0.793 bits per heavy atom. The van der Waals surface area contributed by atoms with Crippen molar-refractivity contribution in [3.63, 3.8) is 0 Å². The van der Waals surface area contributed by atoms with Gasteiger partial charge in [-0.3, -0.25) is 9.13 Å². The molecule has 0 amide bonds. The van der Waals surface area contributed by atoms with E-state index in [1.54, 1.807) is 0 Å². The normalized spacial score (nSPS) is 20.4. The molecule has 0 unspecified atom stereocenters. The highest BCUT2D eigenvalue weighted by Gasteiger charge is 2.41. The molecule has 0 N–H and O–H groups in total. The fourth-order valence-corrected chi connectivity index (χ4v) is 10.5. The largest absolute Gasteiger partial charge is 0.278 e. The molecular formula is C52H37N5Si. The number of para-hydroxylation sites is 4. The summed E-state index contributed by atoms with van der Waals surface area (Å²) in [6, 6.07) is -35.8. The maximum atomic E-state index is 9.93. The van der Waals surface area contributed by atoms with Gasteiger partial charge in [0.05, 0.1) is 67.3 Å². The zero-order chi connectivity index (χ0) is 68.9. The van der Waals surface area contributed by atoms with Gasteiger partial charge in [0.25, 0.3) is 0 Å². The summed E-state index contributed by atoms with van der Waals surface area (Å²) in [5.74, 6) is -3.17. The number of hydrogen-bond donors (Lipinski definition) is 0. The van der Waals surface area contributed by atoms with E-state index in [1.165, 1.54) is 0 Å². The van der Waals surface area contributed by atoms with Crippen LogP contribution in [0, 0.1) is 6.88 Å². The second-order valence-corrected chi connectivity index (χ2v) is 15.7. The minimum atomic E-state index is -6.45. The second kappa shape index (κ2) is 13.7. The summed E-state index contributed by atoms with van der Waals surface area (Å²) in [5.41, 5.74) is -4.77. The van der Waals surface area contributed by atoms with Crippen molar-refractivity contribution < 1.29 is 48.0 Å². The van der Waals surface area contributed by atoms with Gasteiger partial charge in [-0.25, -0.2) is 0 Å². The van der Waals surface area contributed by atoms with Gasteiger partial charge in [-0.2, -0.15) is 15.0 Å². The predicted octanol–water partition coefficient (Wildman–Crippen LogP) is 9.42. The van der Waals surface area contributed by atoms with Crippen LogP contribution in [0.5, 0.6) is 0 Å². The molecule has 5 nitrogen and oxygen atoms in total. The summed E-state index contributed by atoms with van der Waals surface area (Å²) in [6.45, 7) is -2.33. The van der Waals surface area contributed by atoms with Crippen molar-refractivity contribution in [1.82, 2.24) is 24.1 Å². The van der Waals surface area contributed by atoms with Gasteiger partial charge in [-0.05, 0) is 51.8 Å². The third-order valence-electron chi connectivity index (χ3n) is 9.17. The highest BCUT2D eigenvalue weighted by molar-refractivity contribution is 7.19. The van der Waals surface area contributed by atoms with Gasteiger partial charge in [0, 0.05) is 29.8 Å². The Bertz CT molecular complexity index is 4820. The molecule has 0 radical (unpaired) electrons. The van der Waals surface area contributed by atoms with Crippen LogP contribution in [-0.4, -0.2) is 32.2 Å². The Balaban J connectivity index is 1.48. The first-order chi connectivity index (χ1) is 43.3. The number of aromatic nitrogens is 5. The van der Waals surface area contributed by atoms with E-state index in [2.05, 4.69) is 15.0 Å². The molecule has 6 heteroatoms. The lowest BCUT2D eigenvalue weighted by Crippen LogP contribution is -2.74. The van der Waals surface area contributed by atoms with Crippen molar-refractivity contribution in [3.8, 4) is 23.3 Å². The highest BCUT2D eigenvalue weighted by atomic mass is 28.3. The Morgan fingerprint density at radius 1 is 0.397 bits per heavy atom. The summed E-state index contributed by atoms with van der Waals surface area (Å²) in [4.78, 5) is 13.8. The average Bonchev–Trinajstić information content (AvgIpc) is 0.920. The van der Waals surface area contributed by atoms with Crippen LogP contribution in [0.15, 0.2) is 205 Å². The third-order valence-corrected chi connectivity index (χ3v) is 13.3. The summed E-state index contributed by atoms with van der Waals surface area (Å²) < 4.78 is 321. The monoisotopic (exact) mass is 795 g/mol. The molecule has 0 fully saturated rings. The van der Waals surface area contributed by atoms with E-state index in [4.69, 9.17) is 27.4 Å². The third kappa shape index (κ3) is 5.26. The molecule has 0 aliphatic heterocycles. The summed E-state index contributed by atoms with van der Waals surface area (Å²) in [7, 11) is -6.45. The van der Waals surface area contributed by atoms with Crippen molar-refractivity contribution in [3.05, 3.63) is 211 Å². The van der Waals surface area contributed by atoms with Crippen LogP contribution in [0.2, 0.25) is 0 Å². The van der Waals surface area contributed by atoms with Crippen LogP contribution in [0.25, 0.3) is 66.9 Å². The lowest BCUT2D eigenvalue weighted by Gasteiger charge is -2.34. The van der Waals surface area contributed by atoms with Crippen LogP contribution < -0.4 is 20.7 Å². The number of benzene rings is 8. The summed E-state index contributed by atoms with van der Waals surface area (Å²) >= 11 is 0. The zero-order valence-electron chi connectivity index (χ0n) is 63.9. The molecule has 0 aliphatic rings. The SMILES string of the molecule is [2H]c1c(-c2nc(-n3c4c([2H])c([2H])c([2H])c([2H])c4c4c([2H])c([2H])c([2H])c([2H])c43)nc(-n3c4c([2H])c([2H])c([2H])c([2H])c4c4c([2H])c([2H])c([2H])c([2H])c43)n2)cc([Si](c2c([2H])c([2H])c([2H])c([2H])c2[2H])(c2c([2H])c([2H])c([2H])c([2H])c2[2H])c2c([2H])c([2H])c(C([2H])[2H])c([2H])c2[2H])c([2H])c1[2H]. The van der Waals surface area contributed by atoms with Gasteiger partial charge in [0.1, 0.15) is 0 Å². The van der Waals surface area contributed by atoms with E-state index >= 15 is 0 Å². The van der Waals surface area contributed by atoms with Crippen LogP contribution >= 0.6 is 0 Å². The number of hydrogen-bond acceptors (Lipinski definition) is 3. The Kier molecular flexibility index (Phi) is 3.21. The molecule has 0 aliphatic carbocycles. The minimum Gasteiger partial charge on any atom is -0.278 e. The molecule has 274 valence electrons. The fraction of sp³-hybridized carbons (Fsp3) is 0.0192. The molecule has 0 saturated heterocycles.